The first-order valence-electron chi connectivity index (χ1n) is 4.46. The largest absolute Gasteiger partial charge is 0.480 e. The number of carboxylic acid groups (broad SMARTS) is 1. The Kier molecular flexibility index (Phi) is 6.81. The van der Waals surface area contributed by atoms with Crippen molar-refractivity contribution < 1.29 is 14.7 Å². The maximum Gasteiger partial charge on any atom is 0.325 e. The van der Waals surface area contributed by atoms with Gasteiger partial charge in [-0.1, -0.05) is 6.08 Å². The zero-order valence-corrected chi connectivity index (χ0v) is 9.42. The second-order valence-corrected chi connectivity index (χ2v) is 4.08. The summed E-state index contributed by atoms with van der Waals surface area (Å²) in [6.07, 6.45) is 1.72. The molecule has 0 aromatic rings. The smallest absolute Gasteiger partial charge is 0.325 e. The zero-order chi connectivity index (χ0) is 11.8. The summed E-state index contributed by atoms with van der Waals surface area (Å²) in [6.45, 7) is 4.93. The van der Waals surface area contributed by atoms with Crippen LogP contribution < -0.4 is 11.1 Å². The first kappa shape index (κ1) is 14.0. The van der Waals surface area contributed by atoms with Crippen LogP contribution in [0.15, 0.2) is 12.7 Å². The van der Waals surface area contributed by atoms with Gasteiger partial charge in [0.15, 0.2) is 0 Å². The second-order valence-electron chi connectivity index (χ2n) is 3.00. The fraction of sp³-hybridized carbons (Fsp3) is 0.556. The molecule has 0 spiro atoms. The molecule has 0 aliphatic carbocycles. The number of nitrogens with two attached hydrogens (primary N) is 1. The highest BCUT2D eigenvalue weighted by Gasteiger charge is 2.18. The molecular weight excluding hydrogens is 216 g/mol. The lowest BCUT2D eigenvalue weighted by molar-refractivity contribution is -0.141. The Bertz CT molecular complexity index is 246. The lowest BCUT2D eigenvalue weighted by atomic mass is 10.3. The van der Waals surface area contributed by atoms with Gasteiger partial charge in [-0.25, -0.2) is 0 Å². The quantitative estimate of drug-likeness (QED) is 0.418. The molecule has 5 nitrogen and oxygen atoms in total. The van der Waals surface area contributed by atoms with Crippen LogP contribution >= 0.6 is 11.8 Å². The van der Waals surface area contributed by atoms with Crippen LogP contribution in [-0.4, -0.2) is 40.6 Å². The van der Waals surface area contributed by atoms with Crippen molar-refractivity contribution in [3.8, 4) is 0 Å². The van der Waals surface area contributed by atoms with E-state index in [2.05, 4.69) is 11.9 Å². The van der Waals surface area contributed by atoms with Crippen molar-refractivity contribution in [1.29, 1.82) is 0 Å². The molecule has 0 radical (unpaired) electrons. The molecule has 0 aromatic heterocycles. The summed E-state index contributed by atoms with van der Waals surface area (Å²) in [5.41, 5.74) is 5.55. The molecule has 0 saturated heterocycles. The van der Waals surface area contributed by atoms with Crippen molar-refractivity contribution in [3.05, 3.63) is 12.7 Å². The van der Waals surface area contributed by atoms with Gasteiger partial charge in [0, 0.05) is 11.5 Å². The van der Waals surface area contributed by atoms with Gasteiger partial charge in [0.25, 0.3) is 0 Å². The Morgan fingerprint density at radius 1 is 1.67 bits per heavy atom. The molecule has 0 bridgehead atoms. The van der Waals surface area contributed by atoms with Gasteiger partial charge in [-0.3, -0.25) is 9.59 Å². The van der Waals surface area contributed by atoms with Crippen molar-refractivity contribution in [3.63, 3.8) is 0 Å². The summed E-state index contributed by atoms with van der Waals surface area (Å²) in [5.74, 6) is -0.351. The fourth-order valence-electron chi connectivity index (χ4n) is 0.736. The number of carbonyl (C=O) groups is 2. The van der Waals surface area contributed by atoms with Crippen molar-refractivity contribution in [2.45, 2.75) is 19.0 Å². The third kappa shape index (κ3) is 6.14. The molecule has 0 rings (SSSR count). The number of nitrogens with one attached hydrogen (secondary N) is 1. The van der Waals surface area contributed by atoms with Crippen molar-refractivity contribution in [1.82, 2.24) is 5.32 Å². The molecule has 0 aliphatic rings. The molecule has 0 aromatic carbocycles. The lowest BCUT2D eigenvalue weighted by Gasteiger charge is -2.13. The molecule has 0 aliphatic heterocycles. The van der Waals surface area contributed by atoms with Gasteiger partial charge < -0.3 is 16.2 Å². The summed E-state index contributed by atoms with van der Waals surface area (Å²) in [4.78, 5) is 21.8. The van der Waals surface area contributed by atoms with Crippen LogP contribution in [0.1, 0.15) is 6.92 Å². The van der Waals surface area contributed by atoms with E-state index in [-0.39, 0.29) is 0 Å². The molecule has 2 atom stereocenters. The van der Waals surface area contributed by atoms with Gasteiger partial charge in [-0.2, -0.15) is 11.8 Å². The maximum absolute atomic E-state index is 11.3. The molecule has 4 N–H and O–H groups in total. The summed E-state index contributed by atoms with van der Waals surface area (Å²) < 4.78 is 0. The van der Waals surface area contributed by atoms with Gasteiger partial charge in [-0.15, -0.1) is 6.58 Å². The second kappa shape index (κ2) is 7.30. The van der Waals surface area contributed by atoms with E-state index in [1.165, 1.54) is 18.7 Å². The van der Waals surface area contributed by atoms with E-state index < -0.39 is 24.0 Å². The van der Waals surface area contributed by atoms with Gasteiger partial charge >= 0.3 is 5.97 Å². The Morgan fingerprint density at radius 3 is 2.73 bits per heavy atom. The minimum absolute atomic E-state index is 0.443. The van der Waals surface area contributed by atoms with E-state index in [1.807, 2.05) is 0 Å². The highest BCUT2D eigenvalue weighted by molar-refractivity contribution is 7.99. The Morgan fingerprint density at radius 2 is 2.27 bits per heavy atom. The summed E-state index contributed by atoms with van der Waals surface area (Å²) in [5, 5.41) is 10.9. The maximum atomic E-state index is 11.3. The van der Waals surface area contributed by atoms with E-state index in [0.29, 0.717) is 5.75 Å². The topological polar surface area (TPSA) is 92.4 Å². The third-order valence-electron chi connectivity index (χ3n) is 1.60. The van der Waals surface area contributed by atoms with Crippen molar-refractivity contribution in [2.75, 3.05) is 11.5 Å². The number of carboxylic acids is 1. The third-order valence-corrected chi connectivity index (χ3v) is 2.67. The number of aliphatic carboxylic acids is 1. The minimum atomic E-state index is -1.07. The number of amides is 1. The minimum Gasteiger partial charge on any atom is -0.480 e. The molecule has 86 valence electrons. The highest BCUT2D eigenvalue weighted by Crippen LogP contribution is 2.01. The predicted molar refractivity (Wildman–Crippen MR) is 60.7 cm³/mol. The van der Waals surface area contributed by atoms with E-state index >= 15 is 0 Å². The van der Waals surface area contributed by atoms with E-state index in [0.717, 1.165) is 5.75 Å². The number of hydrogen-bond acceptors (Lipinski definition) is 4. The van der Waals surface area contributed by atoms with Crippen LogP contribution in [0.25, 0.3) is 0 Å². The first-order valence-corrected chi connectivity index (χ1v) is 5.62. The van der Waals surface area contributed by atoms with Crippen LogP contribution in [0.4, 0.5) is 0 Å². The molecule has 15 heavy (non-hydrogen) atoms. The van der Waals surface area contributed by atoms with Crippen molar-refractivity contribution in [2.24, 2.45) is 5.73 Å². The Labute approximate surface area is 93.1 Å². The number of hydrogen-bond donors (Lipinski definition) is 3. The molecule has 0 heterocycles. The normalized spacial score (nSPS) is 14.0. The predicted octanol–water partition coefficient (Wildman–Crippen LogP) is -0.178. The molecule has 6 heteroatoms. The van der Waals surface area contributed by atoms with Gasteiger partial charge in [0.1, 0.15) is 6.04 Å². The van der Waals surface area contributed by atoms with Crippen LogP contribution in [0.5, 0.6) is 0 Å². The Balaban J connectivity index is 3.88. The number of rotatable bonds is 7. The number of thioether (sulfide) groups is 1. The lowest BCUT2D eigenvalue weighted by Crippen LogP contribution is -2.48. The molecule has 1 amide bonds. The number of carbonyl (C=O) groups excluding carboxylic acids is 1. The van der Waals surface area contributed by atoms with Crippen LogP contribution in [0.2, 0.25) is 0 Å². The van der Waals surface area contributed by atoms with E-state index in [1.54, 1.807) is 6.08 Å². The van der Waals surface area contributed by atoms with Crippen molar-refractivity contribution >= 4 is 23.6 Å². The highest BCUT2D eigenvalue weighted by atomic mass is 32.2. The molecular formula is C9H16N2O3S. The summed E-state index contributed by atoms with van der Waals surface area (Å²) in [7, 11) is 0. The van der Waals surface area contributed by atoms with Gasteiger partial charge in [-0.05, 0) is 6.92 Å². The van der Waals surface area contributed by atoms with E-state index in [9.17, 15) is 9.59 Å². The Hall–Kier alpha value is -1.01. The standard InChI is InChI=1S/C9H16N2O3S/c1-3-4-15-5-7(10)8(12)11-6(2)9(13)14/h3,6-7H,1,4-5,10H2,2H3,(H,11,12)(H,13,14)/t6-,7?/m0/s1. The molecule has 0 fully saturated rings. The van der Waals surface area contributed by atoms with Gasteiger partial charge in [0.2, 0.25) is 5.91 Å². The van der Waals surface area contributed by atoms with Gasteiger partial charge in [0.05, 0.1) is 6.04 Å². The summed E-state index contributed by atoms with van der Waals surface area (Å²) in [6, 6.07) is -1.59. The molecule has 1 unspecified atom stereocenters. The van der Waals surface area contributed by atoms with E-state index in [4.69, 9.17) is 10.8 Å². The molecule has 0 saturated carbocycles. The van der Waals surface area contributed by atoms with Crippen LogP contribution in [0.3, 0.4) is 0 Å². The fourth-order valence-corrected chi connectivity index (χ4v) is 1.44. The van der Waals surface area contributed by atoms with Crippen LogP contribution in [-0.2, 0) is 9.59 Å². The SMILES string of the molecule is C=CCSCC(N)C(=O)N[C@@H](C)C(=O)O. The monoisotopic (exact) mass is 232 g/mol. The van der Waals surface area contributed by atoms with Crippen LogP contribution in [0, 0.1) is 0 Å². The zero-order valence-electron chi connectivity index (χ0n) is 8.60. The summed E-state index contributed by atoms with van der Waals surface area (Å²) >= 11 is 1.47. The average Bonchev–Trinajstić information content (AvgIpc) is 2.17. The average molecular weight is 232 g/mol. The first-order chi connectivity index (χ1) is 6.99.